The minimum Gasteiger partial charge on any atom is -0.383 e. The first kappa shape index (κ1) is 12.0. The van der Waals surface area contributed by atoms with Gasteiger partial charge in [-0.2, -0.15) is 0 Å². The highest BCUT2D eigenvalue weighted by Gasteiger charge is 2.44. The van der Waals surface area contributed by atoms with Crippen LogP contribution in [0.15, 0.2) is 12.1 Å². The van der Waals surface area contributed by atoms with Crippen LogP contribution in [0.4, 0.5) is 4.39 Å². The highest BCUT2D eigenvalue weighted by molar-refractivity contribution is 5.21. The normalized spacial score (nSPS) is 35.5. The van der Waals surface area contributed by atoms with Crippen LogP contribution in [0.25, 0.3) is 0 Å². The van der Waals surface area contributed by atoms with Crippen molar-refractivity contribution in [3.63, 3.8) is 0 Å². The lowest BCUT2D eigenvalue weighted by molar-refractivity contribution is -0.0841. The maximum absolute atomic E-state index is 13.9. The number of nitrogens with one attached hydrogen (secondary N) is 1. The summed E-state index contributed by atoms with van der Waals surface area (Å²) >= 11 is 0. The summed E-state index contributed by atoms with van der Waals surface area (Å²) in [5.74, 6) is -0.427. The Morgan fingerprint density at radius 1 is 1.39 bits per heavy atom. The number of rotatable bonds is 1. The Morgan fingerprint density at radius 3 is 2.72 bits per heavy atom. The molecule has 2 bridgehead atoms. The molecule has 2 fully saturated rings. The first-order valence-electron chi connectivity index (χ1n) is 6.27. The number of fused-ring (bicyclic) bond motifs is 2. The summed E-state index contributed by atoms with van der Waals surface area (Å²) in [5.41, 5.74) is -0.277. The van der Waals surface area contributed by atoms with E-state index in [4.69, 9.17) is 4.74 Å². The zero-order valence-corrected chi connectivity index (χ0v) is 10.3. The monoisotopic (exact) mass is 252 g/mol. The summed E-state index contributed by atoms with van der Waals surface area (Å²) in [5, 5.41) is 14.1. The van der Waals surface area contributed by atoms with Crippen LogP contribution in [0, 0.1) is 12.7 Å². The molecule has 0 saturated carbocycles. The van der Waals surface area contributed by atoms with Crippen LogP contribution < -0.4 is 5.32 Å². The number of hydrogen-bond acceptors (Lipinski definition) is 4. The van der Waals surface area contributed by atoms with Crippen LogP contribution in [0.3, 0.4) is 0 Å². The second kappa shape index (κ2) is 4.26. The number of aryl methyl sites for hydroxylation is 1. The maximum atomic E-state index is 13.9. The third-order valence-corrected chi connectivity index (χ3v) is 3.70. The van der Waals surface area contributed by atoms with E-state index in [9.17, 15) is 9.50 Å². The lowest BCUT2D eigenvalue weighted by atomic mass is 9.80. The van der Waals surface area contributed by atoms with E-state index in [-0.39, 0.29) is 17.8 Å². The SMILES string of the molecule is Cc1ccc(F)c(C2(O)CC3COCC(C2)N3)n1. The average molecular weight is 252 g/mol. The molecule has 2 unspecified atom stereocenters. The van der Waals surface area contributed by atoms with Crippen LogP contribution in [-0.2, 0) is 10.3 Å². The molecular formula is C13H17FN2O2. The number of hydrogen-bond donors (Lipinski definition) is 2. The van der Waals surface area contributed by atoms with Crippen molar-refractivity contribution in [2.45, 2.75) is 37.5 Å². The van der Waals surface area contributed by atoms with Gasteiger partial charge < -0.3 is 15.2 Å². The number of aliphatic hydroxyl groups is 1. The molecule has 2 aliphatic rings. The Hall–Kier alpha value is -1.04. The van der Waals surface area contributed by atoms with Gasteiger partial charge in [-0.25, -0.2) is 4.39 Å². The van der Waals surface area contributed by atoms with Crippen LogP contribution in [0.1, 0.15) is 24.2 Å². The van der Waals surface area contributed by atoms with Gasteiger partial charge in [0.2, 0.25) is 0 Å². The van der Waals surface area contributed by atoms with Crippen molar-refractivity contribution in [3.05, 3.63) is 29.3 Å². The standard InChI is InChI=1S/C13H17FN2O2/c1-8-2-3-11(14)12(15-8)13(17)4-9-6-18-7-10(5-13)16-9/h2-3,9-10,16-17H,4-7H2,1H3. The molecule has 18 heavy (non-hydrogen) atoms. The Labute approximate surface area is 105 Å². The molecule has 0 aliphatic carbocycles. The number of piperidine rings is 1. The Kier molecular flexibility index (Phi) is 2.84. The fourth-order valence-corrected chi connectivity index (χ4v) is 2.98. The minimum atomic E-state index is -1.18. The van der Waals surface area contributed by atoms with Gasteiger partial charge in [-0.05, 0) is 31.9 Å². The van der Waals surface area contributed by atoms with Gasteiger partial charge in [-0.1, -0.05) is 0 Å². The van der Waals surface area contributed by atoms with Crippen molar-refractivity contribution < 1.29 is 14.2 Å². The van der Waals surface area contributed by atoms with E-state index in [1.165, 1.54) is 6.07 Å². The molecule has 2 saturated heterocycles. The predicted molar refractivity (Wildman–Crippen MR) is 63.6 cm³/mol. The minimum absolute atomic E-state index is 0.0733. The van der Waals surface area contributed by atoms with E-state index in [0.717, 1.165) is 5.69 Å². The van der Waals surface area contributed by atoms with Crippen LogP contribution >= 0.6 is 0 Å². The molecular weight excluding hydrogens is 235 g/mol. The maximum Gasteiger partial charge on any atom is 0.147 e. The molecule has 2 atom stereocenters. The second-order valence-electron chi connectivity index (χ2n) is 5.32. The molecule has 5 heteroatoms. The van der Waals surface area contributed by atoms with Crippen molar-refractivity contribution >= 4 is 0 Å². The molecule has 0 amide bonds. The Morgan fingerprint density at radius 2 is 2.06 bits per heavy atom. The molecule has 0 aromatic carbocycles. The highest BCUT2D eigenvalue weighted by atomic mass is 19.1. The number of nitrogens with zero attached hydrogens (tertiary/aromatic N) is 1. The van der Waals surface area contributed by atoms with Gasteiger partial charge in [0.25, 0.3) is 0 Å². The third-order valence-electron chi connectivity index (χ3n) is 3.70. The van der Waals surface area contributed by atoms with E-state index < -0.39 is 11.4 Å². The summed E-state index contributed by atoms with van der Waals surface area (Å²) in [6, 6.07) is 3.14. The van der Waals surface area contributed by atoms with Gasteiger partial charge in [0.15, 0.2) is 0 Å². The zero-order valence-electron chi connectivity index (χ0n) is 10.3. The molecule has 1 aromatic heterocycles. The van der Waals surface area contributed by atoms with Crippen LogP contribution in [-0.4, -0.2) is 35.4 Å². The van der Waals surface area contributed by atoms with E-state index in [0.29, 0.717) is 26.1 Å². The lowest BCUT2D eigenvalue weighted by Crippen LogP contribution is -2.59. The smallest absolute Gasteiger partial charge is 0.147 e. The van der Waals surface area contributed by atoms with Gasteiger partial charge in [0.1, 0.15) is 17.1 Å². The average Bonchev–Trinajstić information content (AvgIpc) is 2.31. The van der Waals surface area contributed by atoms with E-state index in [1.54, 1.807) is 13.0 Å². The van der Waals surface area contributed by atoms with Gasteiger partial charge in [0, 0.05) is 17.8 Å². The summed E-state index contributed by atoms with van der Waals surface area (Å²) in [6.45, 7) is 2.93. The number of pyridine rings is 1. The Balaban J connectivity index is 1.96. The molecule has 4 nitrogen and oxygen atoms in total. The van der Waals surface area contributed by atoms with Gasteiger partial charge in [0.05, 0.1) is 13.2 Å². The van der Waals surface area contributed by atoms with Crippen molar-refractivity contribution in [3.8, 4) is 0 Å². The molecule has 3 heterocycles. The Bertz CT molecular complexity index is 454. The second-order valence-corrected chi connectivity index (χ2v) is 5.32. The molecule has 1 aromatic rings. The first-order valence-corrected chi connectivity index (χ1v) is 6.27. The molecule has 2 N–H and O–H groups in total. The van der Waals surface area contributed by atoms with E-state index >= 15 is 0 Å². The van der Waals surface area contributed by atoms with E-state index in [2.05, 4.69) is 10.3 Å². The number of ether oxygens (including phenoxy) is 1. The fraction of sp³-hybridized carbons (Fsp3) is 0.615. The quantitative estimate of drug-likeness (QED) is 0.778. The largest absolute Gasteiger partial charge is 0.383 e. The summed E-state index contributed by atoms with van der Waals surface area (Å²) in [4.78, 5) is 4.20. The van der Waals surface area contributed by atoms with Gasteiger partial charge in [-0.3, -0.25) is 4.98 Å². The summed E-state index contributed by atoms with van der Waals surface area (Å²) in [6.07, 6.45) is 0.883. The zero-order chi connectivity index (χ0) is 12.8. The first-order chi connectivity index (χ1) is 8.57. The van der Waals surface area contributed by atoms with Crippen LogP contribution in [0.5, 0.6) is 0 Å². The van der Waals surface area contributed by atoms with Gasteiger partial charge >= 0.3 is 0 Å². The number of halogens is 1. The van der Waals surface area contributed by atoms with Crippen molar-refractivity contribution in [2.24, 2.45) is 0 Å². The predicted octanol–water partition coefficient (Wildman–Crippen LogP) is 0.868. The summed E-state index contributed by atoms with van der Waals surface area (Å²) < 4.78 is 19.3. The van der Waals surface area contributed by atoms with Crippen molar-refractivity contribution in [2.75, 3.05) is 13.2 Å². The molecule has 98 valence electrons. The number of aromatic nitrogens is 1. The molecule has 3 rings (SSSR count). The lowest BCUT2D eigenvalue weighted by Gasteiger charge is -2.44. The summed E-state index contributed by atoms with van der Waals surface area (Å²) in [7, 11) is 0. The topological polar surface area (TPSA) is 54.4 Å². The highest BCUT2D eigenvalue weighted by Crippen LogP contribution is 2.36. The van der Waals surface area contributed by atoms with Crippen LogP contribution in [0.2, 0.25) is 0 Å². The van der Waals surface area contributed by atoms with Gasteiger partial charge in [-0.15, -0.1) is 0 Å². The fourth-order valence-electron chi connectivity index (χ4n) is 2.98. The van der Waals surface area contributed by atoms with Crippen molar-refractivity contribution in [1.82, 2.24) is 10.3 Å². The molecule has 0 radical (unpaired) electrons. The molecule has 2 aliphatic heterocycles. The number of morpholine rings is 1. The van der Waals surface area contributed by atoms with E-state index in [1.807, 2.05) is 0 Å². The van der Waals surface area contributed by atoms with Crippen molar-refractivity contribution in [1.29, 1.82) is 0 Å². The third kappa shape index (κ3) is 2.02. The molecule has 0 spiro atoms.